The second-order valence-corrected chi connectivity index (χ2v) is 8.26. The molecule has 0 bridgehead atoms. The number of pyridine rings is 2. The van der Waals surface area contributed by atoms with Crippen molar-refractivity contribution in [3.05, 3.63) is 83.9 Å². The average molecular weight is 411 g/mol. The maximum absolute atomic E-state index is 4.80. The molecule has 0 saturated carbocycles. The summed E-state index contributed by atoms with van der Waals surface area (Å²) in [5.74, 6) is 1.78. The number of piperidine rings is 1. The van der Waals surface area contributed by atoms with Crippen LogP contribution in [-0.2, 0) is 6.54 Å². The van der Waals surface area contributed by atoms with Crippen LogP contribution in [0.1, 0.15) is 35.6 Å². The number of rotatable bonds is 5. The third-order valence-electron chi connectivity index (χ3n) is 5.83. The summed E-state index contributed by atoms with van der Waals surface area (Å²) in [5.41, 5.74) is 4.60. The summed E-state index contributed by atoms with van der Waals surface area (Å²) in [6.07, 6.45) is 7.85. The molecule has 4 aromatic rings. The first-order chi connectivity index (χ1) is 15.2. The standard InChI is InChI=1S/C25H26N6/c1-18-6-9-24(28-15-18)30-25-27-12-10-23(29-25)21-5-3-13-31(17-21)16-19-7-8-22-20(14-19)4-2-11-26-22/h2,4,6-12,14-15,21H,3,5,13,16-17H2,1H3,(H,27,28,29,30). The fourth-order valence-corrected chi connectivity index (χ4v) is 4.24. The third kappa shape index (κ3) is 4.70. The van der Waals surface area contributed by atoms with E-state index in [2.05, 4.69) is 49.4 Å². The van der Waals surface area contributed by atoms with Crippen molar-refractivity contribution in [2.45, 2.75) is 32.2 Å². The van der Waals surface area contributed by atoms with Crippen LogP contribution in [0.15, 0.2) is 67.1 Å². The molecule has 6 nitrogen and oxygen atoms in total. The van der Waals surface area contributed by atoms with Crippen molar-refractivity contribution in [1.82, 2.24) is 24.8 Å². The summed E-state index contributed by atoms with van der Waals surface area (Å²) in [5, 5.41) is 4.42. The highest BCUT2D eigenvalue weighted by Crippen LogP contribution is 2.27. The lowest BCUT2D eigenvalue weighted by Gasteiger charge is -2.32. The Morgan fingerprint density at radius 1 is 1.03 bits per heavy atom. The molecule has 5 rings (SSSR count). The van der Waals surface area contributed by atoms with Gasteiger partial charge in [-0.2, -0.15) is 0 Å². The zero-order chi connectivity index (χ0) is 21.0. The quantitative estimate of drug-likeness (QED) is 0.507. The van der Waals surface area contributed by atoms with E-state index in [1.165, 1.54) is 17.4 Å². The minimum Gasteiger partial charge on any atom is -0.309 e. The van der Waals surface area contributed by atoms with Crippen molar-refractivity contribution in [2.24, 2.45) is 0 Å². The number of benzene rings is 1. The molecule has 4 heterocycles. The van der Waals surface area contributed by atoms with Gasteiger partial charge in [-0.15, -0.1) is 0 Å². The van der Waals surface area contributed by atoms with E-state index in [1.54, 1.807) is 0 Å². The van der Waals surface area contributed by atoms with Gasteiger partial charge in [-0.1, -0.05) is 18.2 Å². The van der Waals surface area contributed by atoms with Crippen LogP contribution in [0.5, 0.6) is 0 Å². The molecule has 0 aliphatic carbocycles. The van der Waals surface area contributed by atoms with Crippen LogP contribution in [0, 0.1) is 6.92 Å². The van der Waals surface area contributed by atoms with Crippen molar-refractivity contribution in [3.63, 3.8) is 0 Å². The van der Waals surface area contributed by atoms with Gasteiger partial charge in [0.15, 0.2) is 0 Å². The topological polar surface area (TPSA) is 66.8 Å². The maximum Gasteiger partial charge on any atom is 0.228 e. The monoisotopic (exact) mass is 410 g/mol. The molecule has 1 unspecified atom stereocenters. The molecule has 156 valence electrons. The highest BCUT2D eigenvalue weighted by atomic mass is 15.2. The Hall–Kier alpha value is -3.38. The van der Waals surface area contributed by atoms with E-state index in [1.807, 2.05) is 49.8 Å². The highest BCUT2D eigenvalue weighted by molar-refractivity contribution is 5.78. The molecule has 0 radical (unpaired) electrons. The summed E-state index contributed by atoms with van der Waals surface area (Å²) in [6.45, 7) is 5.09. The van der Waals surface area contributed by atoms with E-state index in [0.717, 1.165) is 48.6 Å². The molecule has 31 heavy (non-hydrogen) atoms. The van der Waals surface area contributed by atoms with E-state index >= 15 is 0 Å². The van der Waals surface area contributed by atoms with Crippen LogP contribution in [0.4, 0.5) is 11.8 Å². The van der Waals surface area contributed by atoms with E-state index in [4.69, 9.17) is 4.98 Å². The summed E-state index contributed by atoms with van der Waals surface area (Å²) in [7, 11) is 0. The maximum atomic E-state index is 4.80. The lowest BCUT2D eigenvalue weighted by molar-refractivity contribution is 0.198. The number of likely N-dealkylation sites (tertiary alicyclic amines) is 1. The van der Waals surface area contributed by atoms with Gasteiger partial charge in [-0.3, -0.25) is 9.88 Å². The zero-order valence-electron chi connectivity index (χ0n) is 17.7. The minimum absolute atomic E-state index is 0.408. The van der Waals surface area contributed by atoms with Crippen LogP contribution in [0.3, 0.4) is 0 Å². The Bertz CT molecular complexity index is 1170. The third-order valence-corrected chi connectivity index (χ3v) is 5.83. The van der Waals surface area contributed by atoms with E-state index in [9.17, 15) is 0 Å². The summed E-state index contributed by atoms with van der Waals surface area (Å²) >= 11 is 0. The number of aromatic nitrogens is 4. The van der Waals surface area contributed by atoms with Gasteiger partial charge >= 0.3 is 0 Å². The van der Waals surface area contributed by atoms with Gasteiger partial charge in [0.2, 0.25) is 5.95 Å². The van der Waals surface area contributed by atoms with Gasteiger partial charge in [0.05, 0.1) is 11.2 Å². The molecular formula is C25H26N6. The largest absolute Gasteiger partial charge is 0.309 e. The first-order valence-corrected chi connectivity index (χ1v) is 10.8. The minimum atomic E-state index is 0.408. The van der Waals surface area contributed by atoms with Crippen molar-refractivity contribution >= 4 is 22.7 Å². The van der Waals surface area contributed by atoms with Gasteiger partial charge in [0, 0.05) is 43.0 Å². The molecule has 1 aliphatic heterocycles. The van der Waals surface area contributed by atoms with Gasteiger partial charge < -0.3 is 5.32 Å². The lowest BCUT2D eigenvalue weighted by atomic mass is 9.94. The van der Waals surface area contributed by atoms with E-state index in [0.29, 0.717) is 11.9 Å². The van der Waals surface area contributed by atoms with Crippen molar-refractivity contribution < 1.29 is 0 Å². The lowest BCUT2D eigenvalue weighted by Crippen LogP contribution is -2.34. The van der Waals surface area contributed by atoms with Crippen LogP contribution in [-0.4, -0.2) is 37.9 Å². The molecular weight excluding hydrogens is 384 g/mol. The van der Waals surface area contributed by atoms with Crippen molar-refractivity contribution in [1.29, 1.82) is 0 Å². The van der Waals surface area contributed by atoms with Crippen LogP contribution < -0.4 is 5.32 Å². The Morgan fingerprint density at radius 3 is 2.90 bits per heavy atom. The normalized spacial score (nSPS) is 17.0. The molecule has 1 atom stereocenters. The first-order valence-electron chi connectivity index (χ1n) is 10.8. The van der Waals surface area contributed by atoms with Crippen molar-refractivity contribution in [2.75, 3.05) is 18.4 Å². The fraction of sp³-hybridized carbons (Fsp3) is 0.280. The van der Waals surface area contributed by atoms with Crippen molar-refractivity contribution in [3.8, 4) is 0 Å². The fourth-order valence-electron chi connectivity index (χ4n) is 4.24. The predicted octanol–water partition coefficient (Wildman–Crippen LogP) is 4.85. The summed E-state index contributed by atoms with van der Waals surface area (Å²) < 4.78 is 0. The second kappa shape index (κ2) is 8.78. The van der Waals surface area contributed by atoms with Gasteiger partial charge in [-0.25, -0.2) is 15.0 Å². The molecule has 1 saturated heterocycles. The summed E-state index contributed by atoms with van der Waals surface area (Å²) in [6, 6.07) is 16.7. The number of nitrogens with zero attached hydrogens (tertiary/aromatic N) is 5. The Labute approximate surface area is 182 Å². The Balaban J connectivity index is 1.27. The smallest absolute Gasteiger partial charge is 0.228 e. The molecule has 6 heteroatoms. The second-order valence-electron chi connectivity index (χ2n) is 8.26. The van der Waals surface area contributed by atoms with Gasteiger partial charge in [-0.05, 0) is 67.8 Å². The number of hydrogen-bond acceptors (Lipinski definition) is 6. The average Bonchev–Trinajstić information content (AvgIpc) is 2.81. The van der Waals surface area contributed by atoms with Crippen LogP contribution in [0.25, 0.3) is 10.9 Å². The predicted molar refractivity (Wildman–Crippen MR) is 123 cm³/mol. The molecule has 0 spiro atoms. The Morgan fingerprint density at radius 2 is 2.00 bits per heavy atom. The van der Waals surface area contributed by atoms with Crippen LogP contribution >= 0.6 is 0 Å². The molecule has 1 aromatic carbocycles. The number of fused-ring (bicyclic) bond motifs is 1. The van der Waals surface area contributed by atoms with Gasteiger partial charge in [0.25, 0.3) is 0 Å². The van der Waals surface area contributed by atoms with E-state index < -0.39 is 0 Å². The first kappa shape index (κ1) is 19.6. The number of hydrogen-bond donors (Lipinski definition) is 1. The molecule has 1 N–H and O–H groups in total. The SMILES string of the molecule is Cc1ccc(Nc2nccc(C3CCCN(Cc4ccc5ncccc5c4)C3)n2)nc1. The molecule has 3 aromatic heterocycles. The van der Waals surface area contributed by atoms with Gasteiger partial charge in [0.1, 0.15) is 5.82 Å². The zero-order valence-corrected chi connectivity index (χ0v) is 17.7. The summed E-state index contributed by atoms with van der Waals surface area (Å²) in [4.78, 5) is 20.5. The number of aryl methyl sites for hydroxylation is 1. The number of anilines is 2. The van der Waals surface area contributed by atoms with E-state index in [-0.39, 0.29) is 0 Å². The number of nitrogens with one attached hydrogen (secondary N) is 1. The Kier molecular flexibility index (Phi) is 5.54. The molecule has 1 fully saturated rings. The molecule has 1 aliphatic rings. The van der Waals surface area contributed by atoms with Crippen LogP contribution in [0.2, 0.25) is 0 Å². The highest BCUT2D eigenvalue weighted by Gasteiger charge is 2.23. The molecule has 0 amide bonds.